The van der Waals surface area contributed by atoms with Crippen molar-refractivity contribution < 1.29 is 9.59 Å². The predicted octanol–water partition coefficient (Wildman–Crippen LogP) is 3.85. The van der Waals surface area contributed by atoms with Crippen molar-refractivity contribution >= 4 is 29.1 Å². The first-order valence-corrected chi connectivity index (χ1v) is 8.69. The standard InChI is InChI=1S/C20H21ClN2O2/c1-13-7-9-14(10-8-13)22-19(24)12-23(2)20(25)17-11-16(17)15-5-3-4-6-18(15)21/h3-10,16-17H,11-12H2,1-2H3,(H,22,24). The van der Waals surface area contributed by atoms with Gasteiger partial charge in [-0.2, -0.15) is 0 Å². The molecular weight excluding hydrogens is 336 g/mol. The number of carbonyl (C=O) groups is 2. The molecule has 4 nitrogen and oxygen atoms in total. The Morgan fingerprint density at radius 3 is 2.52 bits per heavy atom. The molecule has 1 N–H and O–H groups in total. The van der Waals surface area contributed by atoms with Gasteiger partial charge in [0.1, 0.15) is 0 Å². The summed E-state index contributed by atoms with van der Waals surface area (Å²) in [6.07, 6.45) is 0.784. The largest absolute Gasteiger partial charge is 0.336 e. The summed E-state index contributed by atoms with van der Waals surface area (Å²) in [5.41, 5.74) is 2.88. The van der Waals surface area contributed by atoms with Gasteiger partial charge < -0.3 is 10.2 Å². The SMILES string of the molecule is Cc1ccc(NC(=O)CN(C)C(=O)C2CC2c2ccccc2Cl)cc1. The molecule has 0 aromatic heterocycles. The van der Waals surface area contributed by atoms with Crippen LogP contribution in [0, 0.1) is 12.8 Å². The van der Waals surface area contributed by atoms with Crippen LogP contribution in [0.2, 0.25) is 5.02 Å². The lowest BCUT2D eigenvalue weighted by Gasteiger charge is -2.17. The van der Waals surface area contributed by atoms with Gasteiger partial charge in [0.2, 0.25) is 11.8 Å². The number of amides is 2. The fourth-order valence-corrected chi connectivity index (χ4v) is 3.28. The second kappa shape index (κ2) is 7.28. The highest BCUT2D eigenvalue weighted by Crippen LogP contribution is 2.50. The number of hydrogen-bond donors (Lipinski definition) is 1. The summed E-state index contributed by atoms with van der Waals surface area (Å²) in [5.74, 6) is -0.139. The molecule has 2 atom stereocenters. The van der Waals surface area contributed by atoms with E-state index >= 15 is 0 Å². The third-order valence-electron chi connectivity index (χ3n) is 4.50. The molecule has 2 amide bonds. The van der Waals surface area contributed by atoms with Crippen LogP contribution in [0.15, 0.2) is 48.5 Å². The zero-order valence-corrected chi connectivity index (χ0v) is 15.1. The fraction of sp³-hybridized carbons (Fsp3) is 0.300. The van der Waals surface area contributed by atoms with Crippen molar-refractivity contribution in [2.45, 2.75) is 19.3 Å². The van der Waals surface area contributed by atoms with Crippen molar-refractivity contribution in [1.82, 2.24) is 4.90 Å². The summed E-state index contributed by atoms with van der Waals surface area (Å²) < 4.78 is 0. The van der Waals surface area contributed by atoms with Gasteiger partial charge in [-0.15, -0.1) is 0 Å². The molecule has 0 saturated heterocycles. The van der Waals surface area contributed by atoms with Gasteiger partial charge in [0.05, 0.1) is 6.54 Å². The van der Waals surface area contributed by atoms with Gasteiger partial charge in [0.25, 0.3) is 0 Å². The molecule has 1 saturated carbocycles. The number of aryl methyl sites for hydroxylation is 1. The molecule has 25 heavy (non-hydrogen) atoms. The minimum atomic E-state index is -0.199. The zero-order valence-electron chi connectivity index (χ0n) is 14.3. The number of carbonyl (C=O) groups excluding carboxylic acids is 2. The Balaban J connectivity index is 1.54. The second-order valence-corrected chi connectivity index (χ2v) is 6.99. The Morgan fingerprint density at radius 1 is 1.16 bits per heavy atom. The van der Waals surface area contributed by atoms with Crippen molar-refractivity contribution in [3.8, 4) is 0 Å². The summed E-state index contributed by atoms with van der Waals surface area (Å²) in [7, 11) is 1.67. The number of hydrogen-bond acceptors (Lipinski definition) is 2. The molecule has 1 aliphatic rings. The number of nitrogens with one attached hydrogen (secondary N) is 1. The van der Waals surface area contributed by atoms with E-state index in [-0.39, 0.29) is 30.2 Å². The van der Waals surface area contributed by atoms with Crippen LogP contribution in [0.25, 0.3) is 0 Å². The topological polar surface area (TPSA) is 49.4 Å². The van der Waals surface area contributed by atoms with Crippen LogP contribution < -0.4 is 5.32 Å². The second-order valence-electron chi connectivity index (χ2n) is 6.58. The Bertz CT molecular complexity index is 789. The zero-order chi connectivity index (χ0) is 18.0. The minimum absolute atomic E-state index is 0.0102. The Kier molecular flexibility index (Phi) is 5.09. The van der Waals surface area contributed by atoms with E-state index in [1.807, 2.05) is 55.5 Å². The monoisotopic (exact) mass is 356 g/mol. The van der Waals surface area contributed by atoms with Gasteiger partial charge in [0, 0.05) is 23.7 Å². The highest BCUT2D eigenvalue weighted by atomic mass is 35.5. The summed E-state index contributed by atoms with van der Waals surface area (Å²) in [5, 5.41) is 3.51. The minimum Gasteiger partial charge on any atom is -0.336 e. The van der Waals surface area contributed by atoms with Crippen LogP contribution in [0.1, 0.15) is 23.5 Å². The molecule has 0 heterocycles. The summed E-state index contributed by atoms with van der Waals surface area (Å²) >= 11 is 6.21. The Morgan fingerprint density at radius 2 is 1.84 bits per heavy atom. The van der Waals surface area contributed by atoms with Crippen molar-refractivity contribution in [3.05, 3.63) is 64.7 Å². The first-order chi connectivity index (χ1) is 12.0. The molecule has 0 spiro atoms. The van der Waals surface area contributed by atoms with Crippen molar-refractivity contribution in [3.63, 3.8) is 0 Å². The summed E-state index contributed by atoms with van der Waals surface area (Å²) in [6.45, 7) is 2.03. The molecule has 1 fully saturated rings. The van der Waals surface area contributed by atoms with E-state index in [9.17, 15) is 9.59 Å². The third-order valence-corrected chi connectivity index (χ3v) is 4.85. The molecule has 2 aromatic rings. The first kappa shape index (κ1) is 17.5. The van der Waals surface area contributed by atoms with Crippen molar-refractivity contribution in [2.75, 3.05) is 18.9 Å². The van der Waals surface area contributed by atoms with Crippen LogP contribution in [-0.4, -0.2) is 30.3 Å². The molecule has 2 unspecified atom stereocenters. The molecule has 0 bridgehead atoms. The number of anilines is 1. The lowest BCUT2D eigenvalue weighted by Crippen LogP contribution is -2.36. The smallest absolute Gasteiger partial charge is 0.243 e. The molecule has 3 rings (SSSR count). The van der Waals surface area contributed by atoms with E-state index in [1.165, 1.54) is 4.90 Å². The highest BCUT2D eigenvalue weighted by molar-refractivity contribution is 6.31. The third kappa shape index (κ3) is 4.20. The normalized spacial score (nSPS) is 18.5. The van der Waals surface area contributed by atoms with Gasteiger partial charge in [-0.3, -0.25) is 9.59 Å². The lowest BCUT2D eigenvalue weighted by atomic mass is 10.1. The highest BCUT2D eigenvalue weighted by Gasteiger charge is 2.46. The molecule has 5 heteroatoms. The van der Waals surface area contributed by atoms with Crippen molar-refractivity contribution in [2.24, 2.45) is 5.92 Å². The maximum atomic E-state index is 12.5. The summed E-state index contributed by atoms with van der Waals surface area (Å²) in [4.78, 5) is 26.2. The molecular formula is C20H21ClN2O2. The quantitative estimate of drug-likeness (QED) is 0.884. The van der Waals surface area contributed by atoms with Gasteiger partial charge in [-0.1, -0.05) is 47.5 Å². The van der Waals surface area contributed by atoms with Gasteiger partial charge in [-0.25, -0.2) is 0 Å². The fourth-order valence-electron chi connectivity index (χ4n) is 3.00. The number of benzene rings is 2. The number of rotatable bonds is 5. The number of nitrogens with zero attached hydrogens (tertiary/aromatic N) is 1. The summed E-state index contributed by atoms with van der Waals surface area (Å²) in [6, 6.07) is 15.2. The van der Waals surface area contributed by atoms with E-state index < -0.39 is 0 Å². The Hall–Kier alpha value is -2.33. The average molecular weight is 357 g/mol. The molecule has 130 valence electrons. The van der Waals surface area contributed by atoms with Crippen LogP contribution in [-0.2, 0) is 9.59 Å². The van der Waals surface area contributed by atoms with Gasteiger partial charge in [0.15, 0.2) is 0 Å². The van der Waals surface area contributed by atoms with E-state index in [2.05, 4.69) is 5.32 Å². The van der Waals surface area contributed by atoms with Crippen LogP contribution in [0.5, 0.6) is 0 Å². The molecule has 2 aromatic carbocycles. The molecule has 0 radical (unpaired) electrons. The maximum Gasteiger partial charge on any atom is 0.243 e. The molecule has 1 aliphatic carbocycles. The van der Waals surface area contributed by atoms with E-state index in [0.717, 1.165) is 23.2 Å². The van der Waals surface area contributed by atoms with E-state index in [4.69, 9.17) is 11.6 Å². The van der Waals surface area contributed by atoms with Gasteiger partial charge in [-0.05, 0) is 43.0 Å². The van der Waals surface area contributed by atoms with Crippen LogP contribution in [0.3, 0.4) is 0 Å². The van der Waals surface area contributed by atoms with Gasteiger partial charge >= 0.3 is 0 Å². The first-order valence-electron chi connectivity index (χ1n) is 8.31. The van der Waals surface area contributed by atoms with E-state index in [0.29, 0.717) is 5.02 Å². The molecule has 0 aliphatic heterocycles. The van der Waals surface area contributed by atoms with Crippen LogP contribution >= 0.6 is 11.6 Å². The number of halogens is 1. The van der Waals surface area contributed by atoms with Crippen molar-refractivity contribution in [1.29, 1.82) is 0 Å². The average Bonchev–Trinajstić information content (AvgIpc) is 3.37. The Labute approximate surface area is 152 Å². The predicted molar refractivity (Wildman–Crippen MR) is 99.7 cm³/mol. The number of likely N-dealkylation sites (N-methyl/N-ethyl adjacent to an activating group) is 1. The van der Waals surface area contributed by atoms with E-state index in [1.54, 1.807) is 7.05 Å². The lowest BCUT2D eigenvalue weighted by molar-refractivity contribution is -0.134. The van der Waals surface area contributed by atoms with Crippen LogP contribution in [0.4, 0.5) is 5.69 Å². The maximum absolute atomic E-state index is 12.5.